The summed E-state index contributed by atoms with van der Waals surface area (Å²) in [6.07, 6.45) is 2.26. The molecular weight excluding hydrogens is 198 g/mol. The molecule has 2 heteroatoms. The van der Waals surface area contributed by atoms with Gasteiger partial charge in [0.25, 0.3) is 0 Å². The molecule has 0 N–H and O–H groups in total. The van der Waals surface area contributed by atoms with E-state index in [-0.39, 0.29) is 5.78 Å². The van der Waals surface area contributed by atoms with Crippen molar-refractivity contribution in [3.8, 4) is 0 Å². The Hall–Kier alpha value is -1.31. The van der Waals surface area contributed by atoms with E-state index in [2.05, 4.69) is 24.8 Å². The van der Waals surface area contributed by atoms with Crippen LogP contribution >= 0.6 is 0 Å². The highest BCUT2D eigenvalue weighted by molar-refractivity contribution is 5.94. The number of ketones is 1. The number of carbonyl (C=O) groups excluding carboxylic acids is 1. The summed E-state index contributed by atoms with van der Waals surface area (Å²) in [5.74, 6) is 0.134. The molecule has 1 rings (SSSR count). The van der Waals surface area contributed by atoms with Crippen LogP contribution in [0.3, 0.4) is 0 Å². The van der Waals surface area contributed by atoms with Crippen LogP contribution in [0.4, 0.5) is 5.69 Å². The molecule has 0 atom stereocenters. The van der Waals surface area contributed by atoms with Crippen molar-refractivity contribution in [3.63, 3.8) is 0 Å². The van der Waals surface area contributed by atoms with Gasteiger partial charge >= 0.3 is 0 Å². The van der Waals surface area contributed by atoms with Gasteiger partial charge in [0.05, 0.1) is 0 Å². The van der Waals surface area contributed by atoms with E-state index in [0.29, 0.717) is 0 Å². The molecule has 0 fully saturated rings. The number of benzene rings is 1. The maximum absolute atomic E-state index is 11.3. The van der Waals surface area contributed by atoms with Crippen molar-refractivity contribution >= 4 is 11.5 Å². The summed E-state index contributed by atoms with van der Waals surface area (Å²) in [5.41, 5.74) is 1.96. The molecular formula is C14H21NO. The van der Waals surface area contributed by atoms with E-state index in [0.717, 1.165) is 37.2 Å². The maximum Gasteiger partial charge on any atom is 0.159 e. The zero-order valence-corrected chi connectivity index (χ0v) is 10.5. The lowest BCUT2D eigenvalue weighted by molar-refractivity contribution is 0.101. The molecule has 16 heavy (non-hydrogen) atoms. The van der Waals surface area contributed by atoms with Crippen LogP contribution in [0.15, 0.2) is 24.3 Å². The average Bonchev–Trinajstić information content (AvgIpc) is 2.29. The Morgan fingerprint density at radius 3 is 2.31 bits per heavy atom. The summed E-state index contributed by atoms with van der Waals surface area (Å²) >= 11 is 0. The standard InChI is InChI=1S/C14H21NO/c1-4-9-15(10-5-2)14-8-6-7-13(11-14)12(3)16/h6-8,11H,4-5,9-10H2,1-3H3. The summed E-state index contributed by atoms with van der Waals surface area (Å²) in [6, 6.07) is 7.91. The van der Waals surface area contributed by atoms with Gasteiger partial charge in [-0.15, -0.1) is 0 Å². The van der Waals surface area contributed by atoms with Crippen LogP contribution in [0.1, 0.15) is 44.0 Å². The van der Waals surface area contributed by atoms with Gasteiger partial charge in [-0.25, -0.2) is 0 Å². The summed E-state index contributed by atoms with van der Waals surface area (Å²) in [7, 11) is 0. The first-order valence-electron chi connectivity index (χ1n) is 6.05. The smallest absolute Gasteiger partial charge is 0.159 e. The molecule has 0 bridgehead atoms. The predicted molar refractivity (Wildman–Crippen MR) is 69.2 cm³/mol. The van der Waals surface area contributed by atoms with Crippen molar-refractivity contribution in [1.82, 2.24) is 0 Å². The van der Waals surface area contributed by atoms with Gasteiger partial charge in [-0.05, 0) is 31.9 Å². The summed E-state index contributed by atoms with van der Waals surface area (Å²) in [4.78, 5) is 13.7. The summed E-state index contributed by atoms with van der Waals surface area (Å²) < 4.78 is 0. The van der Waals surface area contributed by atoms with Crippen molar-refractivity contribution in [3.05, 3.63) is 29.8 Å². The molecule has 0 saturated heterocycles. The molecule has 0 aliphatic heterocycles. The van der Waals surface area contributed by atoms with E-state index in [1.165, 1.54) is 0 Å². The number of carbonyl (C=O) groups is 1. The molecule has 0 aromatic heterocycles. The van der Waals surface area contributed by atoms with Gasteiger partial charge in [0, 0.05) is 24.3 Å². The molecule has 0 radical (unpaired) electrons. The minimum absolute atomic E-state index is 0.134. The van der Waals surface area contributed by atoms with E-state index in [1.54, 1.807) is 6.92 Å². The Morgan fingerprint density at radius 2 is 1.81 bits per heavy atom. The highest BCUT2D eigenvalue weighted by Crippen LogP contribution is 2.17. The van der Waals surface area contributed by atoms with E-state index >= 15 is 0 Å². The van der Waals surface area contributed by atoms with Crippen LogP contribution in [0.2, 0.25) is 0 Å². The zero-order chi connectivity index (χ0) is 12.0. The summed E-state index contributed by atoms with van der Waals surface area (Å²) in [5, 5.41) is 0. The van der Waals surface area contributed by atoms with E-state index < -0.39 is 0 Å². The van der Waals surface area contributed by atoms with Gasteiger partial charge in [-0.3, -0.25) is 4.79 Å². The zero-order valence-electron chi connectivity index (χ0n) is 10.5. The maximum atomic E-state index is 11.3. The van der Waals surface area contributed by atoms with Crippen molar-refractivity contribution < 1.29 is 4.79 Å². The SMILES string of the molecule is CCCN(CCC)c1cccc(C(C)=O)c1. The van der Waals surface area contributed by atoms with Crippen LogP contribution in [0.25, 0.3) is 0 Å². The van der Waals surface area contributed by atoms with Crippen molar-refractivity contribution in [2.24, 2.45) is 0 Å². The highest BCUT2D eigenvalue weighted by atomic mass is 16.1. The predicted octanol–water partition coefficient (Wildman–Crippen LogP) is 3.52. The lowest BCUT2D eigenvalue weighted by Crippen LogP contribution is -2.24. The largest absolute Gasteiger partial charge is 0.372 e. The number of hydrogen-bond acceptors (Lipinski definition) is 2. The van der Waals surface area contributed by atoms with Gasteiger partial charge in [0.15, 0.2) is 5.78 Å². The highest BCUT2D eigenvalue weighted by Gasteiger charge is 2.06. The average molecular weight is 219 g/mol. The number of anilines is 1. The number of rotatable bonds is 6. The monoisotopic (exact) mass is 219 g/mol. The Bertz CT molecular complexity index is 340. The van der Waals surface area contributed by atoms with Gasteiger partial charge < -0.3 is 4.90 Å². The molecule has 0 saturated carbocycles. The van der Waals surface area contributed by atoms with Crippen LogP contribution in [-0.4, -0.2) is 18.9 Å². The Morgan fingerprint density at radius 1 is 1.19 bits per heavy atom. The number of hydrogen-bond donors (Lipinski definition) is 0. The minimum atomic E-state index is 0.134. The van der Waals surface area contributed by atoms with Gasteiger partial charge in [-0.2, -0.15) is 0 Å². The quantitative estimate of drug-likeness (QED) is 0.682. The van der Waals surface area contributed by atoms with E-state index in [9.17, 15) is 4.79 Å². The molecule has 2 nitrogen and oxygen atoms in total. The summed E-state index contributed by atoms with van der Waals surface area (Å²) in [6.45, 7) is 8.07. The fourth-order valence-electron chi connectivity index (χ4n) is 1.83. The van der Waals surface area contributed by atoms with Crippen LogP contribution in [0, 0.1) is 0 Å². The third kappa shape index (κ3) is 3.37. The minimum Gasteiger partial charge on any atom is -0.372 e. The van der Waals surface area contributed by atoms with Crippen LogP contribution in [0.5, 0.6) is 0 Å². The fraction of sp³-hybridized carbons (Fsp3) is 0.500. The Balaban J connectivity index is 2.90. The molecule has 88 valence electrons. The lowest BCUT2D eigenvalue weighted by atomic mass is 10.1. The van der Waals surface area contributed by atoms with E-state index in [1.807, 2.05) is 18.2 Å². The first kappa shape index (κ1) is 12.8. The molecule has 0 aliphatic carbocycles. The first-order valence-corrected chi connectivity index (χ1v) is 6.05. The Labute approximate surface area is 98.3 Å². The fourth-order valence-corrected chi connectivity index (χ4v) is 1.83. The van der Waals surface area contributed by atoms with Gasteiger partial charge in [0.2, 0.25) is 0 Å². The van der Waals surface area contributed by atoms with Gasteiger partial charge in [-0.1, -0.05) is 26.0 Å². The molecule has 0 spiro atoms. The molecule has 1 aromatic rings. The third-order valence-corrected chi connectivity index (χ3v) is 2.60. The number of Topliss-reactive ketones (excluding diaryl/α,β-unsaturated/α-hetero) is 1. The van der Waals surface area contributed by atoms with Crippen molar-refractivity contribution in [2.75, 3.05) is 18.0 Å². The molecule has 0 heterocycles. The van der Waals surface area contributed by atoms with E-state index in [4.69, 9.17) is 0 Å². The van der Waals surface area contributed by atoms with Crippen molar-refractivity contribution in [2.45, 2.75) is 33.6 Å². The second-order valence-corrected chi connectivity index (χ2v) is 4.09. The topological polar surface area (TPSA) is 20.3 Å². The second kappa shape index (κ2) is 6.31. The first-order chi connectivity index (χ1) is 7.69. The molecule has 0 amide bonds. The molecule has 0 unspecified atom stereocenters. The Kier molecular flexibility index (Phi) is 5.03. The number of nitrogens with zero attached hydrogens (tertiary/aromatic N) is 1. The molecule has 0 aliphatic rings. The third-order valence-electron chi connectivity index (χ3n) is 2.60. The van der Waals surface area contributed by atoms with Gasteiger partial charge in [0.1, 0.15) is 0 Å². The van der Waals surface area contributed by atoms with Crippen molar-refractivity contribution in [1.29, 1.82) is 0 Å². The lowest BCUT2D eigenvalue weighted by Gasteiger charge is -2.24. The molecule has 1 aromatic carbocycles. The normalized spacial score (nSPS) is 10.2. The van der Waals surface area contributed by atoms with Crippen LogP contribution in [-0.2, 0) is 0 Å². The van der Waals surface area contributed by atoms with Crippen LogP contribution < -0.4 is 4.90 Å². The second-order valence-electron chi connectivity index (χ2n) is 4.09.